The Bertz CT molecular complexity index is 1670. The van der Waals surface area contributed by atoms with Gasteiger partial charge in [0.1, 0.15) is 0 Å². The Morgan fingerprint density at radius 1 is 0.778 bits per heavy atom. The van der Waals surface area contributed by atoms with Crippen molar-refractivity contribution in [3.63, 3.8) is 0 Å². The fourth-order valence-corrected chi connectivity index (χ4v) is 5.03. The van der Waals surface area contributed by atoms with Crippen LogP contribution in [0, 0.1) is 0 Å². The number of rotatable bonds is 3. The van der Waals surface area contributed by atoms with Crippen LogP contribution in [-0.2, 0) is 6.18 Å². The highest BCUT2D eigenvalue weighted by Gasteiger charge is 2.30. The number of hydrogen-bond acceptors (Lipinski definition) is 3. The van der Waals surface area contributed by atoms with Gasteiger partial charge in [-0.1, -0.05) is 24.3 Å². The number of pyridine rings is 2. The van der Waals surface area contributed by atoms with Crippen molar-refractivity contribution in [1.29, 1.82) is 0 Å². The third-order valence-electron chi connectivity index (χ3n) is 6.80. The Labute approximate surface area is 205 Å². The van der Waals surface area contributed by atoms with Crippen molar-refractivity contribution in [2.75, 3.05) is 18.0 Å². The van der Waals surface area contributed by atoms with Crippen LogP contribution < -0.4 is 10.5 Å². The molecule has 0 spiro atoms. The lowest BCUT2D eigenvalue weighted by Crippen LogP contribution is -2.18. The number of aromatic nitrogens is 2. The number of alkyl halides is 3. The molecule has 0 radical (unpaired) electrons. The molecule has 0 amide bonds. The fourth-order valence-electron chi connectivity index (χ4n) is 5.03. The van der Waals surface area contributed by atoms with Gasteiger partial charge in [-0.05, 0) is 72.5 Å². The van der Waals surface area contributed by atoms with E-state index in [2.05, 4.69) is 22.0 Å². The van der Waals surface area contributed by atoms with Gasteiger partial charge < -0.3 is 4.90 Å². The maximum Gasteiger partial charge on any atom is 0.416 e. The summed E-state index contributed by atoms with van der Waals surface area (Å²) in [5.74, 6) is 0. The van der Waals surface area contributed by atoms with Crippen molar-refractivity contribution >= 4 is 27.5 Å². The standard InChI is InChI=1S/C29H22F3N3O/c30-29(31,32)22-6-4-8-24(17-22)35-27(36)12-10-21-18-33-26-11-9-20(16-25(26)28(21)35)19-5-3-7-23(15-19)34-13-1-2-14-34/h3-12,15-18H,1-2,13-14H2. The van der Waals surface area contributed by atoms with Crippen LogP contribution >= 0.6 is 0 Å². The van der Waals surface area contributed by atoms with E-state index in [1.54, 1.807) is 12.3 Å². The summed E-state index contributed by atoms with van der Waals surface area (Å²) < 4.78 is 41.7. The molecule has 3 aromatic carbocycles. The normalized spacial score (nSPS) is 14.1. The van der Waals surface area contributed by atoms with Crippen molar-refractivity contribution in [3.05, 3.63) is 101 Å². The summed E-state index contributed by atoms with van der Waals surface area (Å²) in [6.45, 7) is 2.08. The lowest BCUT2D eigenvalue weighted by molar-refractivity contribution is -0.137. The Hall–Kier alpha value is -4.13. The zero-order valence-corrected chi connectivity index (χ0v) is 19.3. The van der Waals surface area contributed by atoms with Crippen molar-refractivity contribution in [3.8, 4) is 16.8 Å². The molecule has 180 valence electrons. The van der Waals surface area contributed by atoms with Crippen LogP contribution in [0.25, 0.3) is 38.6 Å². The molecule has 2 aromatic heterocycles. The summed E-state index contributed by atoms with van der Waals surface area (Å²) in [6.07, 6.45) is -0.494. The van der Waals surface area contributed by atoms with Crippen LogP contribution in [0.4, 0.5) is 18.9 Å². The van der Waals surface area contributed by atoms with E-state index in [4.69, 9.17) is 0 Å². The lowest BCUT2D eigenvalue weighted by Gasteiger charge is -2.18. The van der Waals surface area contributed by atoms with Gasteiger partial charge in [0, 0.05) is 47.5 Å². The maximum absolute atomic E-state index is 13.4. The second kappa shape index (κ2) is 8.52. The van der Waals surface area contributed by atoms with Gasteiger partial charge in [0.05, 0.1) is 16.6 Å². The Kier molecular flexibility index (Phi) is 5.29. The third kappa shape index (κ3) is 3.90. The average molecular weight is 486 g/mol. The summed E-state index contributed by atoms with van der Waals surface area (Å²) in [4.78, 5) is 20.0. The first-order valence-corrected chi connectivity index (χ1v) is 11.9. The van der Waals surface area contributed by atoms with Gasteiger partial charge in [0.2, 0.25) is 0 Å². The summed E-state index contributed by atoms with van der Waals surface area (Å²) in [7, 11) is 0. The average Bonchev–Trinajstić information content (AvgIpc) is 3.43. The van der Waals surface area contributed by atoms with E-state index in [0.717, 1.165) is 36.3 Å². The molecule has 0 aliphatic carbocycles. The molecular formula is C29H22F3N3O. The van der Waals surface area contributed by atoms with E-state index in [1.807, 2.05) is 30.3 Å². The molecule has 0 saturated carbocycles. The highest BCUT2D eigenvalue weighted by molar-refractivity contribution is 6.05. The number of halogens is 3. The van der Waals surface area contributed by atoms with Gasteiger partial charge in [-0.3, -0.25) is 14.3 Å². The molecule has 1 fully saturated rings. The van der Waals surface area contributed by atoms with Crippen LogP contribution in [0.3, 0.4) is 0 Å². The molecule has 0 bridgehead atoms. The molecule has 36 heavy (non-hydrogen) atoms. The highest BCUT2D eigenvalue weighted by atomic mass is 19.4. The molecule has 1 aliphatic rings. The summed E-state index contributed by atoms with van der Waals surface area (Å²) in [6, 6.07) is 22.1. The summed E-state index contributed by atoms with van der Waals surface area (Å²) in [5.41, 5.74) is 3.29. The first kappa shape index (κ1) is 22.3. The number of anilines is 1. The minimum Gasteiger partial charge on any atom is -0.372 e. The van der Waals surface area contributed by atoms with Crippen molar-refractivity contribution < 1.29 is 13.2 Å². The van der Waals surface area contributed by atoms with Gasteiger partial charge in [-0.2, -0.15) is 13.2 Å². The molecule has 0 atom stereocenters. The zero-order valence-electron chi connectivity index (χ0n) is 19.3. The van der Waals surface area contributed by atoms with Crippen LogP contribution in [0.2, 0.25) is 0 Å². The molecule has 5 aromatic rings. The quantitative estimate of drug-likeness (QED) is 0.263. The monoisotopic (exact) mass is 485 g/mol. The first-order valence-electron chi connectivity index (χ1n) is 11.9. The summed E-state index contributed by atoms with van der Waals surface area (Å²) in [5, 5.41) is 1.37. The third-order valence-corrected chi connectivity index (χ3v) is 6.80. The van der Waals surface area contributed by atoms with E-state index in [0.29, 0.717) is 21.8 Å². The predicted octanol–water partition coefficient (Wildman–Crippen LogP) is 6.82. The molecule has 6 rings (SSSR count). The van der Waals surface area contributed by atoms with Crippen LogP contribution in [0.15, 0.2) is 89.9 Å². The second-order valence-electron chi connectivity index (χ2n) is 9.09. The van der Waals surface area contributed by atoms with E-state index in [-0.39, 0.29) is 5.69 Å². The van der Waals surface area contributed by atoms with E-state index in [9.17, 15) is 18.0 Å². The number of benzene rings is 3. The molecule has 1 saturated heterocycles. The topological polar surface area (TPSA) is 38.1 Å². The molecule has 0 N–H and O–H groups in total. The van der Waals surface area contributed by atoms with E-state index in [1.165, 1.54) is 41.3 Å². The highest BCUT2D eigenvalue weighted by Crippen LogP contribution is 2.33. The van der Waals surface area contributed by atoms with Gasteiger partial charge in [0.25, 0.3) is 5.56 Å². The molecule has 4 nitrogen and oxygen atoms in total. The zero-order chi connectivity index (χ0) is 24.9. The molecule has 0 unspecified atom stereocenters. The van der Waals surface area contributed by atoms with Crippen molar-refractivity contribution in [2.24, 2.45) is 0 Å². The number of hydrogen-bond donors (Lipinski definition) is 0. The fraction of sp³-hybridized carbons (Fsp3) is 0.172. The number of nitrogens with zero attached hydrogens (tertiary/aromatic N) is 3. The Balaban J connectivity index is 1.58. The largest absolute Gasteiger partial charge is 0.416 e. The molecule has 1 aliphatic heterocycles. The molecule has 3 heterocycles. The van der Waals surface area contributed by atoms with Gasteiger partial charge in [-0.25, -0.2) is 0 Å². The Morgan fingerprint density at radius 2 is 1.53 bits per heavy atom. The first-order chi connectivity index (χ1) is 17.4. The SMILES string of the molecule is O=c1ccc2cnc3ccc(-c4cccc(N5CCCC5)c4)cc3c2n1-c1cccc(C(F)(F)F)c1. The smallest absolute Gasteiger partial charge is 0.372 e. The second-order valence-corrected chi connectivity index (χ2v) is 9.09. The van der Waals surface area contributed by atoms with E-state index < -0.39 is 17.3 Å². The van der Waals surface area contributed by atoms with Crippen molar-refractivity contribution in [2.45, 2.75) is 19.0 Å². The molecular weight excluding hydrogens is 463 g/mol. The van der Waals surface area contributed by atoms with Crippen LogP contribution in [-0.4, -0.2) is 22.6 Å². The van der Waals surface area contributed by atoms with Crippen molar-refractivity contribution in [1.82, 2.24) is 9.55 Å². The van der Waals surface area contributed by atoms with Crippen LogP contribution in [0.1, 0.15) is 18.4 Å². The maximum atomic E-state index is 13.4. The van der Waals surface area contributed by atoms with Crippen LogP contribution in [0.5, 0.6) is 0 Å². The molecule has 7 heteroatoms. The van der Waals surface area contributed by atoms with E-state index >= 15 is 0 Å². The van der Waals surface area contributed by atoms with Gasteiger partial charge >= 0.3 is 6.18 Å². The predicted molar refractivity (Wildman–Crippen MR) is 137 cm³/mol. The van der Waals surface area contributed by atoms with Gasteiger partial charge in [0.15, 0.2) is 0 Å². The Morgan fingerprint density at radius 3 is 2.33 bits per heavy atom. The van der Waals surface area contributed by atoms with Gasteiger partial charge in [-0.15, -0.1) is 0 Å². The minimum atomic E-state index is -4.51. The minimum absolute atomic E-state index is 0.161. The number of fused-ring (bicyclic) bond motifs is 3. The summed E-state index contributed by atoms with van der Waals surface area (Å²) >= 11 is 0. The lowest BCUT2D eigenvalue weighted by atomic mass is 10.0.